The first-order valence-electron chi connectivity index (χ1n) is 10.5. The predicted octanol–water partition coefficient (Wildman–Crippen LogP) is 5.09. The summed E-state index contributed by atoms with van der Waals surface area (Å²) >= 11 is 10.1. The lowest BCUT2D eigenvalue weighted by atomic mass is 10.2. The number of halogens is 3. The lowest BCUT2D eigenvalue weighted by molar-refractivity contribution is -0.120. The van der Waals surface area contributed by atoms with Crippen LogP contribution >= 0.6 is 47.8 Å². The SMILES string of the molecule is COc1ccc(C(=O)NCC(=O)N/N=C\c2cc(Br)cc(Br)c2OC(=O)c2cccc(Br)c2)cc1OC. The van der Waals surface area contributed by atoms with Crippen molar-refractivity contribution in [3.63, 3.8) is 0 Å². The number of carbonyl (C=O) groups excluding carboxylic acids is 3. The Labute approximate surface area is 237 Å². The molecule has 0 aliphatic heterocycles. The Bertz CT molecular complexity index is 1360. The number of carbonyl (C=O) groups is 3. The van der Waals surface area contributed by atoms with E-state index in [9.17, 15) is 14.4 Å². The summed E-state index contributed by atoms with van der Waals surface area (Å²) in [4.78, 5) is 37.2. The first-order chi connectivity index (χ1) is 17.7. The molecule has 0 heterocycles. The van der Waals surface area contributed by atoms with Crippen LogP contribution in [-0.4, -0.2) is 44.8 Å². The molecule has 0 atom stereocenters. The van der Waals surface area contributed by atoms with Gasteiger partial charge in [0.25, 0.3) is 11.8 Å². The van der Waals surface area contributed by atoms with Crippen molar-refractivity contribution in [2.24, 2.45) is 5.10 Å². The number of nitrogens with one attached hydrogen (secondary N) is 2. The van der Waals surface area contributed by atoms with Gasteiger partial charge in [0, 0.05) is 20.1 Å². The van der Waals surface area contributed by atoms with Gasteiger partial charge >= 0.3 is 5.97 Å². The van der Waals surface area contributed by atoms with E-state index in [0.717, 1.165) is 4.47 Å². The normalized spacial score (nSPS) is 10.6. The van der Waals surface area contributed by atoms with E-state index < -0.39 is 17.8 Å². The van der Waals surface area contributed by atoms with Gasteiger partial charge in [0.05, 0.1) is 37.0 Å². The number of ether oxygens (including phenoxy) is 3. The predicted molar refractivity (Wildman–Crippen MR) is 149 cm³/mol. The first-order valence-corrected chi connectivity index (χ1v) is 12.9. The third kappa shape index (κ3) is 7.88. The molecule has 37 heavy (non-hydrogen) atoms. The molecule has 2 N–H and O–H groups in total. The van der Waals surface area contributed by atoms with Crippen molar-refractivity contribution in [3.8, 4) is 17.2 Å². The van der Waals surface area contributed by atoms with E-state index in [1.807, 2.05) is 0 Å². The number of hydrazone groups is 1. The fraction of sp³-hybridized carbons (Fsp3) is 0.120. The second kappa shape index (κ2) is 13.4. The fourth-order valence-corrected chi connectivity index (χ4v) is 4.74. The molecule has 3 rings (SSSR count). The van der Waals surface area contributed by atoms with Crippen molar-refractivity contribution < 1.29 is 28.6 Å². The summed E-state index contributed by atoms with van der Waals surface area (Å²) in [5.41, 5.74) is 3.40. The molecule has 0 aromatic heterocycles. The Hall–Kier alpha value is -3.22. The highest BCUT2D eigenvalue weighted by Gasteiger charge is 2.16. The highest BCUT2D eigenvalue weighted by atomic mass is 79.9. The van der Waals surface area contributed by atoms with Gasteiger partial charge in [-0.3, -0.25) is 9.59 Å². The van der Waals surface area contributed by atoms with E-state index >= 15 is 0 Å². The van der Waals surface area contributed by atoms with Crippen LogP contribution in [0.2, 0.25) is 0 Å². The maximum Gasteiger partial charge on any atom is 0.343 e. The minimum absolute atomic E-state index is 0.216. The zero-order valence-electron chi connectivity index (χ0n) is 19.5. The smallest absolute Gasteiger partial charge is 0.343 e. The average molecular weight is 698 g/mol. The largest absolute Gasteiger partial charge is 0.493 e. The van der Waals surface area contributed by atoms with Gasteiger partial charge in [-0.15, -0.1) is 0 Å². The zero-order valence-corrected chi connectivity index (χ0v) is 24.3. The Balaban J connectivity index is 1.64. The van der Waals surface area contributed by atoms with Crippen molar-refractivity contribution in [2.75, 3.05) is 20.8 Å². The number of nitrogens with zero attached hydrogens (tertiary/aromatic N) is 1. The molecule has 0 bridgehead atoms. The van der Waals surface area contributed by atoms with Crippen LogP contribution in [0.15, 0.2) is 73.1 Å². The van der Waals surface area contributed by atoms with Gasteiger partial charge in [-0.2, -0.15) is 5.10 Å². The molecule has 9 nitrogen and oxygen atoms in total. The molecule has 0 unspecified atom stereocenters. The van der Waals surface area contributed by atoms with E-state index in [1.165, 1.54) is 26.5 Å². The van der Waals surface area contributed by atoms with Crippen LogP contribution in [0.5, 0.6) is 17.2 Å². The lowest BCUT2D eigenvalue weighted by Crippen LogP contribution is -2.34. The molecule has 3 aromatic carbocycles. The summed E-state index contributed by atoms with van der Waals surface area (Å²) < 4.78 is 17.8. The number of esters is 1. The molecule has 3 aromatic rings. The van der Waals surface area contributed by atoms with Crippen LogP contribution in [0, 0.1) is 0 Å². The Morgan fingerprint density at radius 2 is 1.65 bits per heavy atom. The second-order valence-corrected chi connectivity index (χ2v) is 9.94. The number of benzene rings is 3. The van der Waals surface area contributed by atoms with Gasteiger partial charge in [-0.25, -0.2) is 10.2 Å². The molecule has 0 aliphatic rings. The van der Waals surface area contributed by atoms with Crippen LogP contribution in [0.25, 0.3) is 0 Å². The van der Waals surface area contributed by atoms with Crippen LogP contribution in [0.1, 0.15) is 26.3 Å². The standard InChI is InChI=1S/C25H20Br3N3O6/c1-35-20-7-6-14(10-21(20)36-2)24(33)29-13-22(32)31-30-12-16-9-18(27)11-19(28)23(16)37-25(34)15-4-3-5-17(26)8-15/h3-12H,13H2,1-2H3,(H,29,33)(H,31,32)/b30-12-. The number of hydrogen-bond donors (Lipinski definition) is 2. The van der Waals surface area contributed by atoms with Gasteiger partial charge in [0.2, 0.25) is 0 Å². The van der Waals surface area contributed by atoms with E-state index in [4.69, 9.17) is 14.2 Å². The average Bonchev–Trinajstić information content (AvgIpc) is 2.88. The lowest BCUT2D eigenvalue weighted by Gasteiger charge is -2.11. The van der Waals surface area contributed by atoms with Gasteiger partial charge in [0.15, 0.2) is 17.2 Å². The quantitative estimate of drug-likeness (QED) is 0.139. The van der Waals surface area contributed by atoms with Crippen molar-refractivity contribution >= 4 is 71.8 Å². The summed E-state index contributed by atoms with van der Waals surface area (Å²) in [6.45, 7) is -0.322. The summed E-state index contributed by atoms with van der Waals surface area (Å²) in [5, 5.41) is 6.43. The van der Waals surface area contributed by atoms with Gasteiger partial charge in [0.1, 0.15) is 0 Å². The fourth-order valence-electron chi connectivity index (χ4n) is 3.00. The monoisotopic (exact) mass is 695 g/mol. The van der Waals surface area contributed by atoms with Gasteiger partial charge in [-0.1, -0.05) is 37.9 Å². The number of amides is 2. The van der Waals surface area contributed by atoms with Crippen molar-refractivity contribution in [3.05, 3.63) is 84.7 Å². The number of methoxy groups -OCH3 is 2. The third-order valence-corrected chi connectivity index (χ3v) is 6.28. The Kier molecular flexibility index (Phi) is 10.2. The molecule has 2 amide bonds. The Morgan fingerprint density at radius 3 is 2.35 bits per heavy atom. The molecule has 0 radical (unpaired) electrons. The van der Waals surface area contributed by atoms with Crippen molar-refractivity contribution in [1.29, 1.82) is 0 Å². The highest BCUT2D eigenvalue weighted by molar-refractivity contribution is 9.11. The van der Waals surface area contributed by atoms with Gasteiger partial charge < -0.3 is 19.5 Å². The molecule has 0 spiro atoms. The van der Waals surface area contributed by atoms with Crippen LogP contribution in [0.3, 0.4) is 0 Å². The topological polar surface area (TPSA) is 115 Å². The molecule has 0 saturated heterocycles. The van der Waals surface area contributed by atoms with E-state index in [2.05, 4.69) is 63.6 Å². The Morgan fingerprint density at radius 1 is 0.892 bits per heavy atom. The maximum atomic E-state index is 12.6. The summed E-state index contributed by atoms with van der Waals surface area (Å²) in [7, 11) is 2.95. The minimum atomic E-state index is -0.569. The van der Waals surface area contributed by atoms with Crippen molar-refractivity contribution in [1.82, 2.24) is 10.7 Å². The molecular weight excluding hydrogens is 678 g/mol. The molecule has 0 aliphatic carbocycles. The molecule has 0 saturated carbocycles. The van der Waals surface area contributed by atoms with Crippen LogP contribution < -0.4 is 25.0 Å². The van der Waals surface area contributed by atoms with Crippen molar-refractivity contribution in [2.45, 2.75) is 0 Å². The summed E-state index contributed by atoms with van der Waals surface area (Å²) in [5.74, 6) is -0.522. The van der Waals surface area contributed by atoms with Gasteiger partial charge in [-0.05, 0) is 64.5 Å². The molecular formula is C25H20Br3N3O6. The minimum Gasteiger partial charge on any atom is -0.493 e. The van der Waals surface area contributed by atoms with Crippen LogP contribution in [0.4, 0.5) is 0 Å². The molecule has 192 valence electrons. The zero-order chi connectivity index (χ0) is 26.9. The second-order valence-electron chi connectivity index (χ2n) is 7.25. The van der Waals surface area contributed by atoms with E-state index in [-0.39, 0.29) is 12.3 Å². The maximum absolute atomic E-state index is 12.6. The van der Waals surface area contributed by atoms with E-state index in [0.29, 0.717) is 37.1 Å². The summed E-state index contributed by atoms with van der Waals surface area (Å²) in [6, 6.07) is 14.8. The van der Waals surface area contributed by atoms with E-state index in [1.54, 1.807) is 48.5 Å². The summed E-state index contributed by atoms with van der Waals surface area (Å²) in [6.07, 6.45) is 1.33. The molecule has 0 fully saturated rings. The highest BCUT2D eigenvalue weighted by Crippen LogP contribution is 2.33. The first kappa shape index (κ1) is 28.4. The van der Waals surface area contributed by atoms with Crippen LogP contribution in [-0.2, 0) is 4.79 Å². The third-order valence-electron chi connectivity index (χ3n) is 4.74. The number of hydrogen-bond acceptors (Lipinski definition) is 7. The molecule has 12 heteroatoms. The number of rotatable bonds is 9.